The van der Waals surface area contributed by atoms with E-state index in [-0.39, 0.29) is 30.5 Å². The van der Waals surface area contributed by atoms with Gasteiger partial charge in [0.1, 0.15) is 5.82 Å². The van der Waals surface area contributed by atoms with Gasteiger partial charge in [0.05, 0.1) is 5.92 Å². The molecule has 0 amide bonds. The lowest BCUT2D eigenvalue weighted by molar-refractivity contribution is -0.148. The number of esters is 1. The lowest BCUT2D eigenvalue weighted by atomic mass is 9.98. The number of carbonyl (C=O) groups is 2. The number of aryl methyl sites for hydroxylation is 3. The minimum absolute atomic E-state index is 0.0177. The van der Waals surface area contributed by atoms with Crippen LogP contribution in [0.2, 0.25) is 0 Å². The van der Waals surface area contributed by atoms with Gasteiger partial charge in [0.15, 0.2) is 17.4 Å². The molecule has 8 nitrogen and oxygen atoms in total. The number of Topliss-reactive ketones (excluding diaryl/α,β-unsaturated/α-hetero) is 1. The summed E-state index contributed by atoms with van der Waals surface area (Å²) in [6.45, 7) is 3.95. The fourth-order valence-corrected chi connectivity index (χ4v) is 5.09. The minimum atomic E-state index is -3.69. The summed E-state index contributed by atoms with van der Waals surface area (Å²) in [4.78, 5) is 28.8. The first kappa shape index (κ1) is 23.1. The normalized spacial score (nSPS) is 15.7. The maximum Gasteiger partial charge on any atom is 0.309 e. The number of ether oxygens (including phenoxy) is 1. The van der Waals surface area contributed by atoms with Gasteiger partial charge in [-0.05, 0) is 31.7 Å². The Morgan fingerprint density at radius 1 is 1.16 bits per heavy atom. The number of ketones is 1. The zero-order valence-corrected chi connectivity index (χ0v) is 19.0. The number of piperidine rings is 1. The highest BCUT2D eigenvalue weighted by atomic mass is 32.2. The van der Waals surface area contributed by atoms with Crippen molar-refractivity contribution in [3.8, 4) is 0 Å². The number of rotatable bonds is 8. The van der Waals surface area contributed by atoms with Gasteiger partial charge in [-0.2, -0.15) is 4.31 Å². The number of carbonyl (C=O) groups excluding carboxylic acids is 2. The summed E-state index contributed by atoms with van der Waals surface area (Å²) in [5.74, 6) is -0.512. The summed E-state index contributed by atoms with van der Waals surface area (Å²) >= 11 is 0. The first-order chi connectivity index (χ1) is 14.7. The van der Waals surface area contributed by atoms with Gasteiger partial charge in [0, 0.05) is 31.9 Å². The molecule has 2 heterocycles. The molecule has 168 valence electrons. The Morgan fingerprint density at radius 3 is 2.35 bits per heavy atom. The van der Waals surface area contributed by atoms with Crippen molar-refractivity contribution < 1.29 is 22.7 Å². The van der Waals surface area contributed by atoms with E-state index in [1.165, 1.54) is 16.1 Å². The molecule has 0 aliphatic carbocycles. The molecule has 3 rings (SSSR count). The standard InChI is InChI=1S/C22H29N3O5S/c1-4-5-17-6-8-18(9-7-17)20(26)15-30-22(27)19-10-12-25(13-11-19)31(28,29)21-14-24(3)16(2)23-21/h6-9,14,19H,4-5,10-13,15H2,1-3H3. The molecule has 0 spiro atoms. The van der Waals surface area contributed by atoms with Crippen molar-refractivity contribution in [2.45, 2.75) is 44.6 Å². The number of hydrogen-bond donors (Lipinski definition) is 0. The highest BCUT2D eigenvalue weighted by molar-refractivity contribution is 7.89. The van der Waals surface area contributed by atoms with Crippen LogP contribution in [0.5, 0.6) is 0 Å². The monoisotopic (exact) mass is 447 g/mol. The van der Waals surface area contributed by atoms with E-state index in [1.807, 2.05) is 12.1 Å². The van der Waals surface area contributed by atoms with Crippen LogP contribution in [0.3, 0.4) is 0 Å². The zero-order chi connectivity index (χ0) is 22.6. The Kier molecular flexibility index (Phi) is 7.27. The molecule has 1 fully saturated rings. The van der Waals surface area contributed by atoms with Crippen molar-refractivity contribution in [3.05, 3.63) is 47.4 Å². The highest BCUT2D eigenvalue weighted by Crippen LogP contribution is 2.24. The lowest BCUT2D eigenvalue weighted by Crippen LogP contribution is -2.41. The Labute approximate surface area is 183 Å². The molecule has 1 aromatic heterocycles. The fourth-order valence-electron chi connectivity index (χ4n) is 3.60. The third kappa shape index (κ3) is 5.40. The van der Waals surface area contributed by atoms with Crippen molar-refractivity contribution in [1.29, 1.82) is 0 Å². The van der Waals surface area contributed by atoms with Crippen LogP contribution in [0.4, 0.5) is 0 Å². The van der Waals surface area contributed by atoms with Gasteiger partial charge in [-0.1, -0.05) is 37.6 Å². The molecule has 1 aliphatic heterocycles. The SMILES string of the molecule is CCCc1ccc(C(=O)COC(=O)C2CCN(S(=O)(=O)c3cn(C)c(C)n3)CC2)cc1. The fraction of sp³-hybridized carbons (Fsp3) is 0.500. The van der Waals surface area contributed by atoms with Crippen LogP contribution in [-0.4, -0.2) is 53.7 Å². The van der Waals surface area contributed by atoms with Crippen molar-refractivity contribution >= 4 is 21.8 Å². The average Bonchev–Trinajstić information content (AvgIpc) is 3.12. The van der Waals surface area contributed by atoms with Crippen LogP contribution in [0.15, 0.2) is 35.5 Å². The summed E-state index contributed by atoms with van der Waals surface area (Å²) in [5, 5.41) is 0.0177. The summed E-state index contributed by atoms with van der Waals surface area (Å²) in [7, 11) is -1.95. The Hall–Kier alpha value is -2.52. The van der Waals surface area contributed by atoms with Crippen LogP contribution in [0.25, 0.3) is 0 Å². The lowest BCUT2D eigenvalue weighted by Gasteiger charge is -2.29. The maximum atomic E-state index is 12.8. The molecular weight excluding hydrogens is 418 g/mol. The van der Waals surface area contributed by atoms with Crippen LogP contribution in [0.1, 0.15) is 47.9 Å². The minimum Gasteiger partial charge on any atom is -0.457 e. The van der Waals surface area contributed by atoms with Gasteiger partial charge < -0.3 is 9.30 Å². The van der Waals surface area contributed by atoms with Crippen LogP contribution in [-0.2, 0) is 33.0 Å². The number of sulfonamides is 1. The first-order valence-electron chi connectivity index (χ1n) is 10.5. The summed E-state index contributed by atoms with van der Waals surface area (Å²) < 4.78 is 33.7. The van der Waals surface area contributed by atoms with E-state index in [0.717, 1.165) is 12.8 Å². The van der Waals surface area contributed by atoms with E-state index in [0.29, 0.717) is 24.2 Å². The maximum absolute atomic E-state index is 12.8. The van der Waals surface area contributed by atoms with Gasteiger partial charge in [0.2, 0.25) is 0 Å². The second-order valence-electron chi connectivity index (χ2n) is 7.89. The molecule has 0 bridgehead atoms. The number of nitrogens with zero attached hydrogens (tertiary/aromatic N) is 3. The van der Waals surface area contributed by atoms with E-state index in [1.54, 1.807) is 30.7 Å². The van der Waals surface area contributed by atoms with Crippen molar-refractivity contribution in [2.24, 2.45) is 13.0 Å². The van der Waals surface area contributed by atoms with Crippen LogP contribution >= 0.6 is 0 Å². The third-order valence-corrected chi connectivity index (χ3v) is 7.41. The highest BCUT2D eigenvalue weighted by Gasteiger charge is 2.34. The van der Waals surface area contributed by atoms with Gasteiger partial charge in [0.25, 0.3) is 10.0 Å². The summed E-state index contributed by atoms with van der Waals surface area (Å²) in [6.07, 6.45) is 4.18. The first-order valence-corrected chi connectivity index (χ1v) is 11.9. The Balaban J connectivity index is 1.50. The molecule has 31 heavy (non-hydrogen) atoms. The van der Waals surface area contributed by atoms with Gasteiger partial charge >= 0.3 is 5.97 Å². The molecule has 1 aromatic carbocycles. The second-order valence-corrected chi connectivity index (χ2v) is 9.78. The number of imidazole rings is 1. The van der Waals surface area contributed by atoms with E-state index in [4.69, 9.17) is 4.74 Å². The van der Waals surface area contributed by atoms with Crippen LogP contribution < -0.4 is 0 Å². The quantitative estimate of drug-likeness (QED) is 0.455. The predicted octanol–water partition coefficient (Wildman–Crippen LogP) is 2.51. The van der Waals surface area contributed by atoms with Crippen molar-refractivity contribution in [3.63, 3.8) is 0 Å². The molecule has 0 unspecified atom stereocenters. The molecule has 1 saturated heterocycles. The molecule has 0 N–H and O–H groups in total. The van der Waals surface area contributed by atoms with E-state index in [9.17, 15) is 18.0 Å². The zero-order valence-electron chi connectivity index (χ0n) is 18.2. The third-order valence-electron chi connectivity index (χ3n) is 5.64. The van der Waals surface area contributed by atoms with Crippen molar-refractivity contribution in [2.75, 3.05) is 19.7 Å². The van der Waals surface area contributed by atoms with E-state index >= 15 is 0 Å². The average molecular weight is 448 g/mol. The molecule has 0 radical (unpaired) electrons. The van der Waals surface area contributed by atoms with Gasteiger partial charge in [-0.25, -0.2) is 13.4 Å². The molecule has 9 heteroatoms. The molecular formula is C22H29N3O5S. The summed E-state index contributed by atoms with van der Waals surface area (Å²) in [5.41, 5.74) is 1.68. The molecule has 1 aliphatic rings. The molecule has 2 aromatic rings. The predicted molar refractivity (Wildman–Crippen MR) is 115 cm³/mol. The largest absolute Gasteiger partial charge is 0.457 e. The molecule has 0 atom stereocenters. The second kappa shape index (κ2) is 9.74. The number of aromatic nitrogens is 2. The molecule has 0 saturated carbocycles. The Bertz CT molecular complexity index is 1020. The van der Waals surface area contributed by atoms with Gasteiger partial charge in [-0.15, -0.1) is 0 Å². The van der Waals surface area contributed by atoms with Crippen LogP contribution in [0, 0.1) is 12.8 Å². The van der Waals surface area contributed by atoms with Gasteiger partial charge in [-0.3, -0.25) is 9.59 Å². The topological polar surface area (TPSA) is 98.6 Å². The van der Waals surface area contributed by atoms with Crippen molar-refractivity contribution in [1.82, 2.24) is 13.9 Å². The summed E-state index contributed by atoms with van der Waals surface area (Å²) in [6, 6.07) is 7.34. The number of hydrogen-bond acceptors (Lipinski definition) is 6. The number of benzene rings is 1. The Morgan fingerprint density at radius 2 is 1.81 bits per heavy atom. The van der Waals surface area contributed by atoms with E-state index in [2.05, 4.69) is 11.9 Å². The smallest absolute Gasteiger partial charge is 0.309 e. The van der Waals surface area contributed by atoms with E-state index < -0.39 is 21.9 Å².